The molecule has 31 heavy (non-hydrogen) atoms. The van der Waals surface area contributed by atoms with Crippen LogP contribution in [0.2, 0.25) is 0 Å². The van der Waals surface area contributed by atoms with Gasteiger partial charge in [0, 0.05) is 24.4 Å². The van der Waals surface area contributed by atoms with Crippen molar-refractivity contribution in [2.24, 2.45) is 0 Å². The van der Waals surface area contributed by atoms with Crippen LogP contribution in [-0.2, 0) is 14.8 Å². The van der Waals surface area contributed by atoms with Gasteiger partial charge in [-0.25, -0.2) is 13.1 Å². The van der Waals surface area contributed by atoms with Gasteiger partial charge in [0.25, 0.3) is 5.91 Å². The van der Waals surface area contributed by atoms with Crippen molar-refractivity contribution in [1.82, 2.24) is 4.72 Å². The van der Waals surface area contributed by atoms with Crippen LogP contribution in [0.4, 0.5) is 5.69 Å². The lowest BCUT2D eigenvalue weighted by Crippen LogP contribution is -2.35. The highest BCUT2D eigenvalue weighted by molar-refractivity contribution is 7.89. The number of ether oxygens (including phenoxy) is 2. The predicted molar refractivity (Wildman–Crippen MR) is 119 cm³/mol. The smallest absolute Gasteiger partial charge is 0.255 e. The van der Waals surface area contributed by atoms with Crippen LogP contribution < -0.4 is 14.8 Å². The summed E-state index contributed by atoms with van der Waals surface area (Å²) in [7, 11) is -2.19. The van der Waals surface area contributed by atoms with Crippen molar-refractivity contribution in [1.29, 1.82) is 0 Å². The highest BCUT2D eigenvalue weighted by atomic mass is 32.2. The molecule has 0 aliphatic rings. The lowest BCUT2D eigenvalue weighted by molar-refractivity contribution is 0.102. The van der Waals surface area contributed by atoms with Crippen molar-refractivity contribution in [3.05, 3.63) is 84.4 Å². The van der Waals surface area contributed by atoms with Gasteiger partial charge in [0.05, 0.1) is 11.5 Å². The molecule has 7 nitrogen and oxygen atoms in total. The lowest BCUT2D eigenvalue weighted by Gasteiger charge is -2.13. The maximum Gasteiger partial charge on any atom is 0.255 e. The Bertz CT molecular complexity index is 1100. The fourth-order valence-electron chi connectivity index (χ4n) is 2.84. The van der Waals surface area contributed by atoms with E-state index in [1.165, 1.54) is 31.4 Å². The van der Waals surface area contributed by atoms with E-state index in [9.17, 15) is 13.2 Å². The summed E-state index contributed by atoms with van der Waals surface area (Å²) in [5, 5.41) is 2.78. The molecule has 1 atom stereocenters. The molecular formula is C23H24N2O5S. The van der Waals surface area contributed by atoms with E-state index in [1.54, 1.807) is 31.2 Å². The first-order chi connectivity index (χ1) is 14.9. The molecule has 0 fully saturated rings. The number of hydrogen-bond acceptors (Lipinski definition) is 5. The molecule has 2 N–H and O–H groups in total. The zero-order chi connectivity index (χ0) is 22.3. The average Bonchev–Trinajstić information content (AvgIpc) is 2.76. The normalized spacial score (nSPS) is 12.2. The van der Waals surface area contributed by atoms with Crippen LogP contribution >= 0.6 is 0 Å². The molecule has 1 amide bonds. The Balaban J connectivity index is 1.61. The highest BCUT2D eigenvalue weighted by Gasteiger charge is 2.18. The quantitative estimate of drug-likeness (QED) is 0.524. The molecule has 0 aromatic heterocycles. The molecule has 0 heterocycles. The number of carbonyl (C=O) groups is 1. The molecule has 8 heteroatoms. The standard InChI is InChI=1S/C23H24N2O5S/c1-17(16-29-2)25-31(27,28)22-14-8-18(9-15-22)23(26)24-19-10-12-21(13-11-19)30-20-6-4-3-5-7-20/h3-15,17,25H,16H2,1-2H3,(H,24,26)/t17-/m1/s1. The van der Waals surface area contributed by atoms with Gasteiger partial charge in [0.2, 0.25) is 10.0 Å². The average molecular weight is 441 g/mol. The molecule has 0 aliphatic heterocycles. The van der Waals surface area contributed by atoms with Gasteiger partial charge in [0.15, 0.2) is 0 Å². The number of anilines is 1. The summed E-state index contributed by atoms with van der Waals surface area (Å²) in [6.07, 6.45) is 0. The molecule has 0 saturated heterocycles. The molecular weight excluding hydrogens is 416 g/mol. The monoisotopic (exact) mass is 440 g/mol. The summed E-state index contributed by atoms with van der Waals surface area (Å²) in [4.78, 5) is 12.6. The van der Waals surface area contributed by atoms with Crippen LogP contribution in [0, 0.1) is 0 Å². The van der Waals surface area contributed by atoms with Crippen LogP contribution in [0.5, 0.6) is 11.5 Å². The number of carbonyl (C=O) groups excluding carboxylic acids is 1. The van der Waals surface area contributed by atoms with E-state index >= 15 is 0 Å². The van der Waals surface area contributed by atoms with E-state index in [4.69, 9.17) is 9.47 Å². The first kappa shape index (κ1) is 22.5. The minimum absolute atomic E-state index is 0.0782. The van der Waals surface area contributed by atoms with Crippen LogP contribution in [0.25, 0.3) is 0 Å². The number of amides is 1. The number of nitrogens with one attached hydrogen (secondary N) is 2. The van der Waals surface area contributed by atoms with E-state index in [2.05, 4.69) is 10.0 Å². The summed E-state index contributed by atoms with van der Waals surface area (Å²) < 4.78 is 37.9. The Labute approximate surface area is 182 Å². The molecule has 0 spiro atoms. The topological polar surface area (TPSA) is 93.7 Å². The van der Waals surface area contributed by atoms with Crippen molar-refractivity contribution in [3.8, 4) is 11.5 Å². The van der Waals surface area contributed by atoms with E-state index in [-0.39, 0.29) is 23.5 Å². The molecule has 3 aromatic carbocycles. The Kier molecular flexibility index (Phi) is 7.41. The minimum Gasteiger partial charge on any atom is -0.457 e. The van der Waals surface area contributed by atoms with E-state index in [0.717, 1.165) is 5.75 Å². The summed E-state index contributed by atoms with van der Waals surface area (Å²) in [6.45, 7) is 1.97. The summed E-state index contributed by atoms with van der Waals surface area (Å²) in [5.41, 5.74) is 0.936. The van der Waals surface area contributed by atoms with Gasteiger partial charge in [-0.05, 0) is 67.6 Å². The second-order valence-electron chi connectivity index (χ2n) is 6.90. The Morgan fingerprint density at radius 3 is 2.13 bits per heavy atom. The number of para-hydroxylation sites is 1. The third kappa shape index (κ3) is 6.39. The number of sulfonamides is 1. The maximum absolute atomic E-state index is 12.5. The summed E-state index contributed by atoms with van der Waals surface area (Å²) >= 11 is 0. The largest absolute Gasteiger partial charge is 0.457 e. The zero-order valence-corrected chi connectivity index (χ0v) is 18.1. The van der Waals surface area contributed by atoms with Gasteiger partial charge < -0.3 is 14.8 Å². The first-order valence-corrected chi connectivity index (χ1v) is 11.1. The first-order valence-electron chi connectivity index (χ1n) is 9.63. The number of benzene rings is 3. The fourth-order valence-corrected chi connectivity index (χ4v) is 4.06. The highest BCUT2D eigenvalue weighted by Crippen LogP contribution is 2.23. The third-order valence-corrected chi connectivity index (χ3v) is 5.90. The van der Waals surface area contributed by atoms with Crippen molar-refractivity contribution in [2.75, 3.05) is 19.0 Å². The molecule has 0 saturated carbocycles. The summed E-state index contributed by atoms with van der Waals surface area (Å²) in [6, 6.07) is 21.7. The molecule has 0 radical (unpaired) electrons. The van der Waals surface area contributed by atoms with Crippen LogP contribution in [0.1, 0.15) is 17.3 Å². The zero-order valence-electron chi connectivity index (χ0n) is 17.2. The summed E-state index contributed by atoms with van der Waals surface area (Å²) in [5.74, 6) is 1.02. The molecule has 0 aliphatic carbocycles. The third-order valence-electron chi connectivity index (χ3n) is 4.29. The maximum atomic E-state index is 12.5. The number of hydrogen-bond donors (Lipinski definition) is 2. The SMILES string of the molecule is COC[C@@H](C)NS(=O)(=O)c1ccc(C(=O)Nc2ccc(Oc3ccccc3)cc2)cc1. The number of rotatable bonds is 9. The van der Waals surface area contributed by atoms with E-state index in [0.29, 0.717) is 17.0 Å². The lowest BCUT2D eigenvalue weighted by atomic mass is 10.2. The Hall–Kier alpha value is -3.20. The molecule has 3 aromatic rings. The van der Waals surface area contributed by atoms with Gasteiger partial charge >= 0.3 is 0 Å². The van der Waals surface area contributed by atoms with Gasteiger partial charge in [0.1, 0.15) is 11.5 Å². The molecule has 3 rings (SSSR count). The van der Waals surface area contributed by atoms with Gasteiger partial charge in [-0.15, -0.1) is 0 Å². The Morgan fingerprint density at radius 1 is 0.903 bits per heavy atom. The van der Waals surface area contributed by atoms with Crippen molar-refractivity contribution >= 4 is 21.6 Å². The predicted octanol–water partition coefficient (Wildman–Crippen LogP) is 4.04. The van der Waals surface area contributed by atoms with Gasteiger partial charge in [-0.3, -0.25) is 4.79 Å². The molecule has 0 bridgehead atoms. The number of methoxy groups -OCH3 is 1. The van der Waals surface area contributed by atoms with Crippen LogP contribution in [0.3, 0.4) is 0 Å². The van der Waals surface area contributed by atoms with E-state index in [1.807, 2.05) is 30.3 Å². The minimum atomic E-state index is -3.69. The van der Waals surface area contributed by atoms with Crippen LogP contribution in [-0.4, -0.2) is 34.1 Å². The molecule has 0 unspecified atom stereocenters. The van der Waals surface area contributed by atoms with Crippen molar-refractivity contribution in [3.63, 3.8) is 0 Å². The van der Waals surface area contributed by atoms with E-state index < -0.39 is 10.0 Å². The Morgan fingerprint density at radius 2 is 1.52 bits per heavy atom. The van der Waals surface area contributed by atoms with Crippen molar-refractivity contribution < 1.29 is 22.7 Å². The molecule has 162 valence electrons. The van der Waals surface area contributed by atoms with Gasteiger partial charge in [-0.2, -0.15) is 0 Å². The van der Waals surface area contributed by atoms with Crippen molar-refractivity contribution in [2.45, 2.75) is 17.9 Å². The second kappa shape index (κ2) is 10.2. The fraction of sp³-hybridized carbons (Fsp3) is 0.174. The second-order valence-corrected chi connectivity index (χ2v) is 8.61. The van der Waals surface area contributed by atoms with Gasteiger partial charge in [-0.1, -0.05) is 18.2 Å². The van der Waals surface area contributed by atoms with Crippen LogP contribution in [0.15, 0.2) is 83.8 Å².